The van der Waals surface area contributed by atoms with Gasteiger partial charge in [-0.3, -0.25) is 19.4 Å². The van der Waals surface area contributed by atoms with Crippen LogP contribution < -0.4 is 10.1 Å². The van der Waals surface area contributed by atoms with Gasteiger partial charge >= 0.3 is 6.09 Å². The molecule has 2 fully saturated rings. The fraction of sp³-hybridized carbons (Fsp3) is 0.278. The molecule has 0 bridgehead atoms. The molecular weight excluding hydrogens is 619 g/mol. The molecule has 3 aromatic carbocycles. The number of hydrogen-bond acceptors (Lipinski definition) is 7. The molecule has 3 aliphatic rings. The number of hydrogen-bond donors (Lipinski definition) is 1. The van der Waals surface area contributed by atoms with Crippen LogP contribution in [0.25, 0.3) is 0 Å². The SMILES string of the molecule is O=C(Nc1ccc(C2SC(=Nc3cccc(F)c3)N(CCOc3ccccc3)C2=O)cc1)[C@@H]1CCCN1C(=O)OCC1C=CC=CC1. The molecule has 0 aromatic heterocycles. The number of carbonyl (C=O) groups is 3. The smallest absolute Gasteiger partial charge is 0.410 e. The molecule has 47 heavy (non-hydrogen) atoms. The summed E-state index contributed by atoms with van der Waals surface area (Å²) in [5, 5.41) is 2.78. The van der Waals surface area contributed by atoms with Crippen molar-refractivity contribution in [3.05, 3.63) is 115 Å². The van der Waals surface area contributed by atoms with Crippen LogP contribution in [0, 0.1) is 11.7 Å². The molecule has 11 heteroatoms. The summed E-state index contributed by atoms with van der Waals surface area (Å²) in [7, 11) is 0. The van der Waals surface area contributed by atoms with Crippen LogP contribution >= 0.6 is 11.8 Å². The van der Waals surface area contributed by atoms with Gasteiger partial charge in [0, 0.05) is 18.2 Å². The van der Waals surface area contributed by atoms with Crippen LogP contribution in [0.1, 0.15) is 30.1 Å². The molecule has 9 nitrogen and oxygen atoms in total. The van der Waals surface area contributed by atoms with E-state index in [-0.39, 0.29) is 37.5 Å². The highest BCUT2D eigenvalue weighted by atomic mass is 32.2. The van der Waals surface area contributed by atoms with Crippen LogP contribution in [0.2, 0.25) is 0 Å². The maximum absolute atomic E-state index is 13.9. The Morgan fingerprint density at radius 2 is 1.85 bits per heavy atom. The zero-order valence-corrected chi connectivity index (χ0v) is 26.5. The molecule has 2 saturated heterocycles. The molecule has 0 radical (unpaired) electrons. The Morgan fingerprint density at radius 1 is 1.02 bits per heavy atom. The van der Waals surface area contributed by atoms with Crippen LogP contribution in [0.5, 0.6) is 5.75 Å². The molecule has 3 amide bonds. The van der Waals surface area contributed by atoms with E-state index < -0.39 is 23.2 Å². The van der Waals surface area contributed by atoms with E-state index >= 15 is 0 Å². The Labute approximate surface area is 277 Å². The van der Waals surface area contributed by atoms with Crippen LogP contribution in [0.15, 0.2) is 108 Å². The molecule has 0 spiro atoms. The Bertz CT molecular complexity index is 1680. The molecule has 2 unspecified atom stereocenters. The maximum atomic E-state index is 13.9. The van der Waals surface area contributed by atoms with Gasteiger partial charge in [-0.2, -0.15) is 0 Å². The van der Waals surface area contributed by atoms with Crippen molar-refractivity contribution in [1.29, 1.82) is 0 Å². The van der Waals surface area contributed by atoms with Gasteiger partial charge in [0.05, 0.1) is 18.8 Å². The molecule has 242 valence electrons. The molecule has 2 aliphatic heterocycles. The first kappa shape index (κ1) is 32.1. The Kier molecular flexibility index (Phi) is 10.3. The van der Waals surface area contributed by atoms with Gasteiger partial charge in [-0.05, 0) is 67.3 Å². The largest absolute Gasteiger partial charge is 0.492 e. The zero-order chi connectivity index (χ0) is 32.6. The molecule has 3 aromatic rings. The lowest BCUT2D eigenvalue weighted by molar-refractivity contribution is -0.126. The average Bonchev–Trinajstić information content (AvgIpc) is 3.70. The number of benzene rings is 3. The fourth-order valence-electron chi connectivity index (χ4n) is 5.63. The van der Waals surface area contributed by atoms with Crippen LogP contribution in [0.3, 0.4) is 0 Å². The summed E-state index contributed by atoms with van der Waals surface area (Å²) in [6.45, 7) is 1.24. The minimum atomic E-state index is -0.621. The summed E-state index contributed by atoms with van der Waals surface area (Å²) >= 11 is 1.28. The molecule has 0 saturated carbocycles. The number of thioether (sulfide) groups is 1. The topological polar surface area (TPSA) is 101 Å². The Balaban J connectivity index is 1.10. The van der Waals surface area contributed by atoms with Gasteiger partial charge in [0.1, 0.15) is 29.5 Å². The van der Waals surface area contributed by atoms with Crippen molar-refractivity contribution in [1.82, 2.24) is 9.80 Å². The first-order valence-electron chi connectivity index (χ1n) is 15.6. The second-order valence-electron chi connectivity index (χ2n) is 11.4. The number of halogens is 1. The fourth-order valence-corrected chi connectivity index (χ4v) is 6.83. The number of aliphatic imine (C=N–C) groups is 1. The summed E-state index contributed by atoms with van der Waals surface area (Å²) in [6, 6.07) is 21.7. The van der Waals surface area contributed by atoms with E-state index in [1.54, 1.807) is 41.3 Å². The van der Waals surface area contributed by atoms with Crippen LogP contribution in [0.4, 0.5) is 20.6 Å². The van der Waals surface area contributed by atoms with Gasteiger partial charge in [-0.25, -0.2) is 14.2 Å². The number of amides is 3. The summed E-state index contributed by atoms with van der Waals surface area (Å²) in [4.78, 5) is 47.4. The monoisotopic (exact) mass is 654 g/mol. The second-order valence-corrected chi connectivity index (χ2v) is 12.4. The number of amidine groups is 1. The van der Waals surface area contributed by atoms with Gasteiger partial charge in [0.15, 0.2) is 5.17 Å². The van der Waals surface area contributed by atoms with Crippen molar-refractivity contribution >= 4 is 46.2 Å². The Morgan fingerprint density at radius 3 is 2.62 bits per heavy atom. The summed E-state index contributed by atoms with van der Waals surface area (Å²) < 4.78 is 25.3. The third kappa shape index (κ3) is 8.10. The predicted molar refractivity (Wildman–Crippen MR) is 180 cm³/mol. The van der Waals surface area contributed by atoms with E-state index in [1.807, 2.05) is 54.6 Å². The molecule has 1 aliphatic carbocycles. The molecule has 1 N–H and O–H groups in total. The van der Waals surface area contributed by atoms with Gasteiger partial charge < -0.3 is 14.8 Å². The van der Waals surface area contributed by atoms with Gasteiger partial charge in [0.2, 0.25) is 11.8 Å². The van der Waals surface area contributed by atoms with Crippen molar-refractivity contribution in [2.45, 2.75) is 30.6 Å². The molecular formula is C36H35FN4O5S. The number of nitrogens with one attached hydrogen (secondary N) is 1. The first-order chi connectivity index (χ1) is 22.9. The van der Waals surface area contributed by atoms with Crippen LogP contribution in [-0.4, -0.2) is 65.2 Å². The number of rotatable bonds is 10. The van der Waals surface area contributed by atoms with Gasteiger partial charge in [-0.1, -0.05) is 72.5 Å². The summed E-state index contributed by atoms with van der Waals surface area (Å²) in [5.41, 5.74) is 1.69. The van der Waals surface area contributed by atoms with E-state index in [0.717, 1.165) is 12.0 Å². The number of para-hydroxylation sites is 1. The molecule has 3 atom stereocenters. The number of carbonyl (C=O) groups excluding carboxylic acids is 3. The first-order valence-corrected chi connectivity index (χ1v) is 16.5. The van der Waals surface area contributed by atoms with E-state index in [1.165, 1.54) is 28.8 Å². The highest BCUT2D eigenvalue weighted by molar-refractivity contribution is 8.15. The number of nitrogens with zero attached hydrogens (tertiary/aromatic N) is 3. The zero-order valence-electron chi connectivity index (χ0n) is 25.7. The highest BCUT2D eigenvalue weighted by Crippen LogP contribution is 2.41. The van der Waals surface area contributed by atoms with E-state index in [4.69, 9.17) is 9.47 Å². The van der Waals surface area contributed by atoms with E-state index in [0.29, 0.717) is 41.7 Å². The maximum Gasteiger partial charge on any atom is 0.410 e. The quantitative estimate of drug-likeness (QED) is 0.256. The van der Waals surface area contributed by atoms with E-state index in [9.17, 15) is 18.8 Å². The van der Waals surface area contributed by atoms with Crippen molar-refractivity contribution in [3.63, 3.8) is 0 Å². The lowest BCUT2D eigenvalue weighted by Crippen LogP contribution is -2.43. The van der Waals surface area contributed by atoms with Crippen molar-refractivity contribution in [2.75, 3.05) is 31.6 Å². The number of allylic oxidation sites excluding steroid dienone is 3. The minimum absolute atomic E-state index is 0.139. The molecule has 6 rings (SSSR count). The summed E-state index contributed by atoms with van der Waals surface area (Å²) in [5.74, 6) is -0.0366. The van der Waals surface area contributed by atoms with Crippen molar-refractivity contribution in [2.24, 2.45) is 10.9 Å². The number of likely N-dealkylation sites (tertiary alicyclic amines) is 1. The standard InChI is InChI=1S/C36H35FN4O5S/c37-27-11-7-12-29(23-27)39-35-41(21-22-45-30-13-5-2-6-14-30)34(43)32(47-35)26-16-18-28(19-17-26)38-33(42)31-15-8-20-40(31)36(44)46-24-25-9-3-1-4-10-25/h1-7,9,11-14,16-19,23,25,31-32H,8,10,15,20-22,24H2,(H,38,42)/t25?,31-,32?/m0/s1. The van der Waals surface area contributed by atoms with Gasteiger partial charge in [0.25, 0.3) is 0 Å². The number of anilines is 1. The lowest BCUT2D eigenvalue weighted by atomic mass is 10.0. The third-order valence-electron chi connectivity index (χ3n) is 8.07. The van der Waals surface area contributed by atoms with Crippen molar-refractivity contribution in [3.8, 4) is 5.75 Å². The molecule has 2 heterocycles. The highest BCUT2D eigenvalue weighted by Gasteiger charge is 2.39. The minimum Gasteiger partial charge on any atom is -0.492 e. The average molecular weight is 655 g/mol. The van der Waals surface area contributed by atoms with Crippen LogP contribution in [-0.2, 0) is 14.3 Å². The normalized spacial score (nSPS) is 21.3. The number of ether oxygens (including phenoxy) is 2. The lowest BCUT2D eigenvalue weighted by Gasteiger charge is -2.24. The van der Waals surface area contributed by atoms with E-state index in [2.05, 4.69) is 10.3 Å². The third-order valence-corrected chi connectivity index (χ3v) is 9.30. The van der Waals surface area contributed by atoms with Gasteiger partial charge in [-0.15, -0.1) is 0 Å². The second kappa shape index (κ2) is 15.1. The summed E-state index contributed by atoms with van der Waals surface area (Å²) in [6.07, 6.45) is 9.56. The Hall–Kier alpha value is -4.90. The predicted octanol–water partition coefficient (Wildman–Crippen LogP) is 6.88. The van der Waals surface area contributed by atoms with Crippen molar-refractivity contribution < 1.29 is 28.2 Å².